The number of aromatic nitrogens is 3. The van der Waals surface area contributed by atoms with Crippen molar-refractivity contribution in [3.63, 3.8) is 0 Å². The Morgan fingerprint density at radius 3 is 2.85 bits per heavy atom. The van der Waals surface area contributed by atoms with Crippen LogP contribution in [0, 0.1) is 5.92 Å². The molecule has 7 nitrogen and oxygen atoms in total. The Morgan fingerprint density at radius 2 is 2.04 bits per heavy atom. The second kappa shape index (κ2) is 7.97. The van der Waals surface area contributed by atoms with Gasteiger partial charge in [0.1, 0.15) is 6.10 Å². The normalized spacial score (nSPS) is 20.5. The van der Waals surface area contributed by atoms with Gasteiger partial charge in [-0.2, -0.15) is 5.10 Å². The first-order valence-corrected chi connectivity index (χ1v) is 9.23. The molecule has 1 atom stereocenters. The molecule has 0 radical (unpaired) electrons. The van der Waals surface area contributed by atoms with Crippen LogP contribution in [0.15, 0.2) is 30.7 Å². The summed E-state index contributed by atoms with van der Waals surface area (Å²) in [6, 6.07) is 3.40. The van der Waals surface area contributed by atoms with Crippen molar-refractivity contribution in [2.75, 3.05) is 26.4 Å². The zero-order valence-electron chi connectivity index (χ0n) is 14.8. The summed E-state index contributed by atoms with van der Waals surface area (Å²) in [5, 5.41) is 7.71. The fourth-order valence-electron chi connectivity index (χ4n) is 3.56. The van der Waals surface area contributed by atoms with Crippen molar-refractivity contribution in [1.82, 2.24) is 20.1 Å². The van der Waals surface area contributed by atoms with Gasteiger partial charge in [0.2, 0.25) is 0 Å². The molecule has 0 aromatic carbocycles. The molecule has 2 aliphatic rings. The summed E-state index contributed by atoms with van der Waals surface area (Å²) < 4.78 is 13.4. The molecule has 2 aromatic rings. The molecule has 7 heteroatoms. The zero-order valence-corrected chi connectivity index (χ0v) is 14.8. The fourth-order valence-corrected chi connectivity index (χ4v) is 3.56. The molecule has 0 saturated carbocycles. The molecule has 1 fully saturated rings. The summed E-state index contributed by atoms with van der Waals surface area (Å²) in [6.45, 7) is 3.69. The molecule has 0 unspecified atom stereocenters. The lowest BCUT2D eigenvalue weighted by Crippen LogP contribution is -2.32. The number of hydrogen-bond donors (Lipinski definition) is 1. The van der Waals surface area contributed by atoms with Crippen molar-refractivity contribution < 1.29 is 14.3 Å². The Morgan fingerprint density at radius 1 is 1.23 bits per heavy atom. The second-order valence-electron chi connectivity index (χ2n) is 6.87. The number of rotatable bonds is 5. The maximum absolute atomic E-state index is 12.2. The molecule has 2 aromatic heterocycles. The van der Waals surface area contributed by atoms with E-state index < -0.39 is 0 Å². The van der Waals surface area contributed by atoms with Crippen LogP contribution in [0.3, 0.4) is 0 Å². The maximum atomic E-state index is 12.2. The highest BCUT2D eigenvalue weighted by Crippen LogP contribution is 2.26. The highest BCUT2D eigenvalue weighted by Gasteiger charge is 2.26. The van der Waals surface area contributed by atoms with Crippen molar-refractivity contribution in [2.24, 2.45) is 5.92 Å². The first-order valence-electron chi connectivity index (χ1n) is 9.23. The van der Waals surface area contributed by atoms with E-state index in [-0.39, 0.29) is 12.0 Å². The average molecular weight is 356 g/mol. The molecule has 2 aliphatic heterocycles. The largest absolute Gasteiger partial charge is 0.381 e. The van der Waals surface area contributed by atoms with Crippen molar-refractivity contribution in [1.29, 1.82) is 0 Å². The SMILES string of the molecule is O=C(NC[C@H]1OCCc2cn(CC3CCOCC3)nc21)c1ccncc1. The van der Waals surface area contributed by atoms with E-state index in [1.807, 2.05) is 4.68 Å². The van der Waals surface area contributed by atoms with Gasteiger partial charge in [-0.05, 0) is 42.9 Å². The van der Waals surface area contributed by atoms with Gasteiger partial charge in [0.05, 0.1) is 12.3 Å². The zero-order chi connectivity index (χ0) is 17.8. The van der Waals surface area contributed by atoms with Crippen LogP contribution in [0.2, 0.25) is 0 Å². The number of ether oxygens (including phenoxy) is 2. The molecule has 1 amide bonds. The molecule has 0 bridgehead atoms. The first kappa shape index (κ1) is 17.2. The lowest BCUT2D eigenvalue weighted by Gasteiger charge is -2.22. The van der Waals surface area contributed by atoms with Gasteiger partial charge in [-0.3, -0.25) is 14.5 Å². The van der Waals surface area contributed by atoms with Crippen LogP contribution in [0.25, 0.3) is 0 Å². The fraction of sp³-hybridized carbons (Fsp3) is 0.526. The van der Waals surface area contributed by atoms with Crippen molar-refractivity contribution in [3.8, 4) is 0 Å². The van der Waals surface area contributed by atoms with E-state index >= 15 is 0 Å². The van der Waals surface area contributed by atoms with Crippen molar-refractivity contribution in [2.45, 2.75) is 31.9 Å². The number of nitrogens with zero attached hydrogens (tertiary/aromatic N) is 3. The summed E-state index contributed by atoms with van der Waals surface area (Å²) in [6.07, 6.45) is 8.23. The van der Waals surface area contributed by atoms with Crippen molar-refractivity contribution >= 4 is 5.91 Å². The minimum absolute atomic E-state index is 0.121. The molecule has 26 heavy (non-hydrogen) atoms. The number of nitrogens with one attached hydrogen (secondary N) is 1. The first-order chi connectivity index (χ1) is 12.8. The smallest absolute Gasteiger partial charge is 0.251 e. The molecular weight excluding hydrogens is 332 g/mol. The second-order valence-corrected chi connectivity index (χ2v) is 6.87. The minimum Gasteiger partial charge on any atom is -0.381 e. The highest BCUT2D eigenvalue weighted by molar-refractivity contribution is 5.93. The number of amides is 1. The van der Waals surface area contributed by atoms with E-state index in [4.69, 9.17) is 14.6 Å². The molecule has 4 rings (SSSR count). The lowest BCUT2D eigenvalue weighted by atomic mass is 10.0. The Kier molecular flexibility index (Phi) is 5.26. The van der Waals surface area contributed by atoms with Gasteiger partial charge in [-0.15, -0.1) is 0 Å². The Hall–Kier alpha value is -2.25. The van der Waals surface area contributed by atoms with Gasteiger partial charge in [0.25, 0.3) is 5.91 Å². The van der Waals surface area contributed by atoms with E-state index in [1.54, 1.807) is 24.5 Å². The molecule has 138 valence electrons. The quantitative estimate of drug-likeness (QED) is 0.883. The van der Waals surface area contributed by atoms with Crippen LogP contribution in [0.4, 0.5) is 0 Å². The third-order valence-electron chi connectivity index (χ3n) is 5.04. The van der Waals surface area contributed by atoms with Crippen molar-refractivity contribution in [3.05, 3.63) is 47.5 Å². The van der Waals surface area contributed by atoms with E-state index in [2.05, 4.69) is 16.5 Å². The molecule has 1 saturated heterocycles. The van der Waals surface area contributed by atoms with Gasteiger partial charge < -0.3 is 14.8 Å². The summed E-state index contributed by atoms with van der Waals surface area (Å²) in [5.74, 6) is 0.501. The Labute approximate surface area is 152 Å². The maximum Gasteiger partial charge on any atom is 0.251 e. The lowest BCUT2D eigenvalue weighted by molar-refractivity contribution is 0.0379. The highest BCUT2D eigenvalue weighted by atomic mass is 16.5. The van der Waals surface area contributed by atoms with Gasteiger partial charge in [0, 0.05) is 50.5 Å². The number of pyridine rings is 1. The molecule has 4 heterocycles. The summed E-state index contributed by atoms with van der Waals surface area (Å²) in [7, 11) is 0. The monoisotopic (exact) mass is 356 g/mol. The number of hydrogen-bond acceptors (Lipinski definition) is 5. The predicted molar refractivity (Wildman–Crippen MR) is 94.7 cm³/mol. The van der Waals surface area contributed by atoms with Gasteiger partial charge in [-0.25, -0.2) is 0 Å². The topological polar surface area (TPSA) is 78.3 Å². The van der Waals surface area contributed by atoms with Crippen LogP contribution < -0.4 is 5.32 Å². The Bertz CT molecular complexity index is 740. The number of carbonyl (C=O) groups excluding carboxylic acids is 1. The third kappa shape index (κ3) is 3.94. The van der Waals surface area contributed by atoms with Crippen LogP contribution in [0.5, 0.6) is 0 Å². The van der Waals surface area contributed by atoms with E-state index in [9.17, 15) is 4.79 Å². The van der Waals surface area contributed by atoms with Crippen LogP contribution in [-0.2, 0) is 22.4 Å². The summed E-state index contributed by atoms with van der Waals surface area (Å²) >= 11 is 0. The van der Waals surface area contributed by atoms with E-state index in [1.165, 1.54) is 5.56 Å². The molecule has 0 spiro atoms. The molecule has 0 aliphatic carbocycles. The standard InChI is InChI=1S/C19H24N4O3/c24-19(15-1-6-20-7-2-15)21-11-17-18-16(5-10-26-17)13-23(22-18)12-14-3-8-25-9-4-14/h1-2,6-7,13-14,17H,3-5,8-12H2,(H,21,24)/t17-/m1/s1. The average Bonchev–Trinajstić information content (AvgIpc) is 3.10. The summed E-state index contributed by atoms with van der Waals surface area (Å²) in [5.41, 5.74) is 2.78. The van der Waals surface area contributed by atoms with Gasteiger partial charge >= 0.3 is 0 Å². The van der Waals surface area contributed by atoms with Crippen LogP contribution >= 0.6 is 0 Å². The van der Waals surface area contributed by atoms with Crippen LogP contribution in [0.1, 0.15) is 40.6 Å². The number of fused-ring (bicyclic) bond motifs is 1. The van der Waals surface area contributed by atoms with Gasteiger partial charge in [0.15, 0.2) is 0 Å². The van der Waals surface area contributed by atoms with E-state index in [0.717, 1.165) is 44.7 Å². The van der Waals surface area contributed by atoms with E-state index in [0.29, 0.717) is 24.6 Å². The molecular formula is C19H24N4O3. The predicted octanol–water partition coefficient (Wildman–Crippen LogP) is 1.75. The summed E-state index contributed by atoms with van der Waals surface area (Å²) in [4.78, 5) is 16.2. The minimum atomic E-state index is -0.194. The third-order valence-corrected chi connectivity index (χ3v) is 5.04. The van der Waals surface area contributed by atoms with Crippen LogP contribution in [-0.4, -0.2) is 47.0 Å². The van der Waals surface area contributed by atoms with Gasteiger partial charge in [-0.1, -0.05) is 0 Å². The number of carbonyl (C=O) groups is 1. The molecule has 1 N–H and O–H groups in total. The Balaban J connectivity index is 1.39.